The molecule has 3 aromatic heterocycles. The van der Waals surface area contributed by atoms with Gasteiger partial charge < -0.3 is 5.32 Å². The highest BCUT2D eigenvalue weighted by atomic mass is 32.2. The Bertz CT molecular complexity index is 1060. The van der Waals surface area contributed by atoms with Crippen LogP contribution in [0, 0.1) is 0 Å². The Hall–Kier alpha value is -2.19. The number of aromatic nitrogens is 3. The molecule has 1 amide bonds. The molecule has 6 nitrogen and oxygen atoms in total. The first-order valence-corrected chi connectivity index (χ1v) is 11.2. The van der Waals surface area contributed by atoms with E-state index in [4.69, 9.17) is 4.98 Å². The van der Waals surface area contributed by atoms with E-state index in [0.717, 1.165) is 35.2 Å². The maximum Gasteiger partial charge on any atom is 0.262 e. The Balaban J connectivity index is 1.41. The number of fused-ring (bicyclic) bond motifs is 3. The van der Waals surface area contributed by atoms with Crippen LogP contribution in [0.15, 0.2) is 34.3 Å². The number of nitrogens with one attached hydrogen (secondary N) is 1. The first-order valence-electron chi connectivity index (χ1n) is 9.44. The van der Waals surface area contributed by atoms with Crippen molar-refractivity contribution in [3.05, 3.63) is 50.9 Å². The van der Waals surface area contributed by atoms with Gasteiger partial charge in [0, 0.05) is 36.8 Å². The quantitative estimate of drug-likeness (QED) is 0.496. The van der Waals surface area contributed by atoms with Crippen LogP contribution in [0.25, 0.3) is 10.2 Å². The van der Waals surface area contributed by atoms with Crippen LogP contribution in [0.4, 0.5) is 0 Å². The second kappa shape index (κ2) is 8.45. The molecule has 0 unspecified atom stereocenters. The normalized spacial score (nSPS) is 13.5. The Labute approximate surface area is 171 Å². The molecule has 1 aliphatic carbocycles. The number of pyridine rings is 1. The van der Waals surface area contributed by atoms with Gasteiger partial charge in [0.1, 0.15) is 4.83 Å². The van der Waals surface area contributed by atoms with Gasteiger partial charge in [0.05, 0.1) is 11.1 Å². The molecule has 3 aromatic rings. The standard InChI is InChI=1S/C20H22N4O2S2/c1-24-19(26)17-14-7-2-3-8-15(14)28-18(17)23-20(24)27-12-16(25)22-11-9-13-6-4-5-10-21-13/h4-6,10H,2-3,7-9,11-12H2,1H3,(H,22,25). The van der Waals surface area contributed by atoms with E-state index in [2.05, 4.69) is 10.3 Å². The molecule has 0 bridgehead atoms. The molecule has 0 aromatic carbocycles. The summed E-state index contributed by atoms with van der Waals surface area (Å²) in [6, 6.07) is 5.75. The van der Waals surface area contributed by atoms with Crippen LogP contribution < -0.4 is 10.9 Å². The first-order chi connectivity index (χ1) is 13.6. The number of thioether (sulfide) groups is 1. The Morgan fingerprint density at radius 2 is 2.18 bits per heavy atom. The number of thiophene rings is 1. The number of amides is 1. The summed E-state index contributed by atoms with van der Waals surface area (Å²) in [6.45, 7) is 0.541. The van der Waals surface area contributed by atoms with E-state index >= 15 is 0 Å². The van der Waals surface area contributed by atoms with Crippen LogP contribution in [-0.4, -0.2) is 32.7 Å². The summed E-state index contributed by atoms with van der Waals surface area (Å²) in [5.74, 6) is 0.166. The number of aryl methyl sites for hydroxylation is 2. The molecular formula is C20H22N4O2S2. The highest BCUT2D eigenvalue weighted by Gasteiger charge is 2.21. The van der Waals surface area contributed by atoms with E-state index in [1.54, 1.807) is 29.1 Å². The lowest BCUT2D eigenvalue weighted by molar-refractivity contribution is -0.118. The van der Waals surface area contributed by atoms with Gasteiger partial charge >= 0.3 is 0 Å². The van der Waals surface area contributed by atoms with Crippen LogP contribution in [0.5, 0.6) is 0 Å². The molecule has 0 aliphatic heterocycles. The molecule has 1 N–H and O–H groups in total. The molecule has 8 heteroatoms. The van der Waals surface area contributed by atoms with Crippen molar-refractivity contribution in [3.63, 3.8) is 0 Å². The molecule has 0 saturated carbocycles. The molecule has 1 aliphatic rings. The third-order valence-electron chi connectivity index (χ3n) is 4.92. The van der Waals surface area contributed by atoms with E-state index in [0.29, 0.717) is 18.1 Å². The smallest absolute Gasteiger partial charge is 0.262 e. The van der Waals surface area contributed by atoms with Gasteiger partial charge in [-0.2, -0.15) is 0 Å². The summed E-state index contributed by atoms with van der Waals surface area (Å²) in [5, 5.41) is 4.28. The molecule has 0 spiro atoms. The molecule has 4 rings (SSSR count). The molecule has 146 valence electrons. The van der Waals surface area contributed by atoms with Crippen LogP contribution in [0.1, 0.15) is 29.0 Å². The summed E-state index contributed by atoms with van der Waals surface area (Å²) in [7, 11) is 1.74. The second-order valence-corrected chi connectivity index (χ2v) is 8.89. The predicted molar refractivity (Wildman–Crippen MR) is 113 cm³/mol. The fourth-order valence-corrected chi connectivity index (χ4v) is 5.56. The maximum absolute atomic E-state index is 12.9. The van der Waals surface area contributed by atoms with Crippen molar-refractivity contribution in [1.82, 2.24) is 19.9 Å². The fourth-order valence-electron chi connectivity index (χ4n) is 3.45. The van der Waals surface area contributed by atoms with Crippen LogP contribution in [0.2, 0.25) is 0 Å². The molecule has 3 heterocycles. The number of hydrogen-bond donors (Lipinski definition) is 1. The lowest BCUT2D eigenvalue weighted by Gasteiger charge is -2.11. The van der Waals surface area contributed by atoms with Crippen molar-refractivity contribution in [2.75, 3.05) is 12.3 Å². The Morgan fingerprint density at radius 3 is 3.00 bits per heavy atom. The van der Waals surface area contributed by atoms with E-state index in [1.807, 2.05) is 18.2 Å². The number of rotatable bonds is 6. The summed E-state index contributed by atoms with van der Waals surface area (Å²) >= 11 is 2.94. The van der Waals surface area contributed by atoms with Gasteiger partial charge in [-0.3, -0.25) is 19.1 Å². The highest BCUT2D eigenvalue weighted by Crippen LogP contribution is 2.34. The van der Waals surface area contributed by atoms with Gasteiger partial charge in [0.25, 0.3) is 5.56 Å². The average Bonchev–Trinajstić information content (AvgIpc) is 3.09. The average molecular weight is 415 g/mol. The van der Waals surface area contributed by atoms with Crippen molar-refractivity contribution in [2.24, 2.45) is 7.05 Å². The molecule has 0 saturated heterocycles. The van der Waals surface area contributed by atoms with E-state index < -0.39 is 0 Å². The Morgan fingerprint density at radius 1 is 1.32 bits per heavy atom. The second-order valence-electron chi connectivity index (χ2n) is 6.86. The predicted octanol–water partition coefficient (Wildman–Crippen LogP) is 2.72. The zero-order valence-electron chi connectivity index (χ0n) is 15.7. The van der Waals surface area contributed by atoms with E-state index in [-0.39, 0.29) is 17.2 Å². The summed E-state index contributed by atoms with van der Waals surface area (Å²) in [4.78, 5) is 36.1. The minimum atomic E-state index is -0.0687. The molecular weight excluding hydrogens is 392 g/mol. The first kappa shape index (κ1) is 19.1. The SMILES string of the molecule is Cn1c(SCC(=O)NCCc2ccccn2)nc2sc3c(c2c1=O)CCCC3. The van der Waals surface area contributed by atoms with Gasteiger partial charge in [-0.1, -0.05) is 17.8 Å². The minimum absolute atomic E-state index is 0.00228. The summed E-state index contributed by atoms with van der Waals surface area (Å²) in [6.07, 6.45) is 6.77. The number of carbonyl (C=O) groups excluding carboxylic acids is 1. The lowest BCUT2D eigenvalue weighted by atomic mass is 9.97. The number of nitrogens with zero attached hydrogens (tertiary/aromatic N) is 3. The number of hydrogen-bond acceptors (Lipinski definition) is 6. The van der Waals surface area contributed by atoms with Crippen molar-refractivity contribution in [1.29, 1.82) is 0 Å². The topological polar surface area (TPSA) is 76.9 Å². The summed E-state index contributed by atoms with van der Waals surface area (Å²) < 4.78 is 1.58. The third kappa shape index (κ3) is 3.98. The van der Waals surface area contributed by atoms with Gasteiger partial charge in [-0.15, -0.1) is 11.3 Å². The van der Waals surface area contributed by atoms with E-state index in [1.165, 1.54) is 28.6 Å². The maximum atomic E-state index is 12.9. The largest absolute Gasteiger partial charge is 0.355 e. The van der Waals surface area contributed by atoms with Crippen molar-refractivity contribution in [3.8, 4) is 0 Å². The fraction of sp³-hybridized carbons (Fsp3) is 0.400. The van der Waals surface area contributed by atoms with Gasteiger partial charge in [-0.25, -0.2) is 4.98 Å². The monoisotopic (exact) mass is 414 g/mol. The molecule has 0 fully saturated rings. The molecule has 28 heavy (non-hydrogen) atoms. The summed E-state index contributed by atoms with van der Waals surface area (Å²) in [5.41, 5.74) is 2.15. The zero-order chi connectivity index (χ0) is 19.5. The highest BCUT2D eigenvalue weighted by molar-refractivity contribution is 7.99. The lowest BCUT2D eigenvalue weighted by Crippen LogP contribution is -2.28. The zero-order valence-corrected chi connectivity index (χ0v) is 17.4. The van der Waals surface area contributed by atoms with E-state index in [9.17, 15) is 9.59 Å². The minimum Gasteiger partial charge on any atom is -0.355 e. The van der Waals surface area contributed by atoms with Crippen LogP contribution in [-0.2, 0) is 31.1 Å². The Kier molecular flexibility index (Phi) is 5.77. The third-order valence-corrected chi connectivity index (χ3v) is 7.13. The van der Waals surface area contributed by atoms with Crippen LogP contribution in [0.3, 0.4) is 0 Å². The van der Waals surface area contributed by atoms with Gasteiger partial charge in [-0.05, 0) is 43.4 Å². The molecule has 0 atom stereocenters. The van der Waals surface area contributed by atoms with Crippen LogP contribution >= 0.6 is 23.1 Å². The molecule has 0 radical (unpaired) electrons. The van der Waals surface area contributed by atoms with Crippen molar-refractivity contribution >= 4 is 39.2 Å². The van der Waals surface area contributed by atoms with Crippen molar-refractivity contribution < 1.29 is 4.79 Å². The van der Waals surface area contributed by atoms with Gasteiger partial charge in [0.2, 0.25) is 5.91 Å². The van der Waals surface area contributed by atoms with Gasteiger partial charge in [0.15, 0.2) is 5.16 Å². The van der Waals surface area contributed by atoms with Crippen molar-refractivity contribution in [2.45, 2.75) is 37.3 Å². The number of carbonyl (C=O) groups is 1.